The van der Waals surface area contributed by atoms with Crippen molar-refractivity contribution in [3.8, 4) is 11.5 Å². The maximum atomic E-state index is 13.6. The number of methoxy groups -OCH3 is 1. The summed E-state index contributed by atoms with van der Waals surface area (Å²) in [6.45, 7) is 11.0. The predicted molar refractivity (Wildman–Crippen MR) is 131 cm³/mol. The van der Waals surface area contributed by atoms with E-state index >= 15 is 0 Å². The highest BCUT2D eigenvalue weighted by Gasteiger charge is 2.66. The molecule has 0 bridgehead atoms. The second-order valence-electron chi connectivity index (χ2n) is 12.5. The summed E-state index contributed by atoms with van der Waals surface area (Å²) < 4.78 is 5.20. The number of ketones is 2. The second-order valence-corrected chi connectivity index (χ2v) is 12.5. The van der Waals surface area contributed by atoms with Gasteiger partial charge in [-0.25, -0.2) is 4.79 Å². The molecule has 3 fully saturated rings. The van der Waals surface area contributed by atoms with Crippen molar-refractivity contribution in [1.29, 1.82) is 0 Å². The van der Waals surface area contributed by atoms with Crippen LogP contribution in [-0.2, 0) is 10.2 Å². The number of carboxylic acid groups (broad SMARTS) is 1. The molecule has 0 radical (unpaired) electrons. The first-order valence-electron chi connectivity index (χ1n) is 12.7. The third kappa shape index (κ3) is 2.85. The lowest BCUT2D eigenvalue weighted by Gasteiger charge is -2.69. The van der Waals surface area contributed by atoms with E-state index in [2.05, 4.69) is 27.7 Å². The number of hydrogen-bond donors (Lipinski definition) is 2. The number of carboxylic acids is 1. The van der Waals surface area contributed by atoms with Gasteiger partial charge in [0.1, 0.15) is 11.3 Å². The van der Waals surface area contributed by atoms with Crippen molar-refractivity contribution in [2.75, 3.05) is 7.11 Å². The van der Waals surface area contributed by atoms with Gasteiger partial charge in [0.25, 0.3) is 0 Å². The molecule has 6 atom stereocenters. The van der Waals surface area contributed by atoms with Crippen molar-refractivity contribution in [3.05, 3.63) is 34.4 Å². The van der Waals surface area contributed by atoms with Gasteiger partial charge < -0.3 is 14.9 Å². The number of carbonyl (C=O) groups is 3. The summed E-state index contributed by atoms with van der Waals surface area (Å²) in [5.41, 5.74) is 0.503. The topological polar surface area (TPSA) is 101 Å². The zero-order valence-electron chi connectivity index (χ0n) is 21.6. The molecule has 6 nitrogen and oxygen atoms in total. The van der Waals surface area contributed by atoms with Gasteiger partial charge in [0.15, 0.2) is 17.3 Å². The van der Waals surface area contributed by atoms with Crippen LogP contribution in [0.25, 0.3) is 0 Å². The molecule has 5 rings (SSSR count). The highest BCUT2D eigenvalue weighted by atomic mass is 16.5. The molecule has 0 aliphatic heterocycles. The Kier molecular flexibility index (Phi) is 4.96. The molecule has 0 saturated heterocycles. The highest BCUT2D eigenvalue weighted by Crippen LogP contribution is 2.73. The first-order valence-corrected chi connectivity index (χ1v) is 12.7. The van der Waals surface area contributed by atoms with Crippen molar-refractivity contribution in [2.45, 2.75) is 78.6 Å². The molecule has 188 valence electrons. The summed E-state index contributed by atoms with van der Waals surface area (Å²) >= 11 is 0. The smallest absolute Gasteiger partial charge is 0.340 e. The number of ether oxygens (including phenoxy) is 1. The Morgan fingerprint density at radius 2 is 1.77 bits per heavy atom. The molecule has 35 heavy (non-hydrogen) atoms. The number of phenols is 1. The minimum absolute atomic E-state index is 0.0369. The number of rotatable bonds is 2. The molecule has 3 saturated carbocycles. The number of fused-ring (bicyclic) bond motifs is 7. The van der Waals surface area contributed by atoms with Crippen LogP contribution in [0, 0.1) is 28.1 Å². The van der Waals surface area contributed by atoms with E-state index in [1.807, 2.05) is 6.92 Å². The molecular formula is C29H36O6. The number of carbonyl (C=O) groups excluding carboxylic acids is 2. The fourth-order valence-electron chi connectivity index (χ4n) is 8.66. The Bertz CT molecular complexity index is 1210. The van der Waals surface area contributed by atoms with Crippen LogP contribution >= 0.6 is 0 Å². The van der Waals surface area contributed by atoms with Gasteiger partial charge in [0.2, 0.25) is 0 Å². The molecule has 4 aliphatic carbocycles. The van der Waals surface area contributed by atoms with Crippen molar-refractivity contribution < 1.29 is 29.3 Å². The normalized spacial score (nSPS) is 40.1. The largest absolute Gasteiger partial charge is 0.504 e. The summed E-state index contributed by atoms with van der Waals surface area (Å²) in [5, 5.41) is 20.7. The van der Waals surface area contributed by atoms with Crippen LogP contribution in [-0.4, -0.2) is 34.9 Å². The van der Waals surface area contributed by atoms with Crippen molar-refractivity contribution in [2.24, 2.45) is 28.1 Å². The summed E-state index contributed by atoms with van der Waals surface area (Å²) in [7, 11) is 1.30. The Morgan fingerprint density at radius 1 is 1.09 bits per heavy atom. The zero-order chi connectivity index (χ0) is 25.7. The second kappa shape index (κ2) is 7.21. The Labute approximate surface area is 206 Å². The van der Waals surface area contributed by atoms with Gasteiger partial charge in [-0.1, -0.05) is 34.6 Å². The Balaban J connectivity index is 1.70. The number of allylic oxidation sites excluding steroid dienone is 2. The Hall–Kier alpha value is -2.63. The van der Waals surface area contributed by atoms with E-state index in [9.17, 15) is 24.6 Å². The molecule has 0 spiro atoms. The average Bonchev–Trinajstić information content (AvgIpc) is 2.78. The van der Waals surface area contributed by atoms with Crippen LogP contribution in [0.5, 0.6) is 11.5 Å². The molecule has 2 N–H and O–H groups in total. The van der Waals surface area contributed by atoms with Crippen LogP contribution in [0.3, 0.4) is 0 Å². The number of aromatic carboxylic acids is 1. The quantitative estimate of drug-likeness (QED) is 0.563. The number of Topliss-reactive ketones (excluding diaryl/α,β-unsaturated/α-hetero) is 1. The third-order valence-electron chi connectivity index (χ3n) is 10.9. The number of hydrogen-bond acceptors (Lipinski definition) is 5. The molecule has 1 aromatic carbocycles. The fourth-order valence-corrected chi connectivity index (χ4v) is 8.66. The molecular weight excluding hydrogens is 444 g/mol. The predicted octanol–water partition coefficient (Wildman–Crippen LogP) is 5.70. The number of phenolic OH excluding ortho intramolecular Hbond substituents is 1. The van der Waals surface area contributed by atoms with E-state index in [0.717, 1.165) is 37.7 Å². The van der Waals surface area contributed by atoms with Gasteiger partial charge in [-0.3, -0.25) is 9.59 Å². The lowest BCUT2D eigenvalue weighted by molar-refractivity contribution is -0.160. The van der Waals surface area contributed by atoms with E-state index in [1.165, 1.54) is 7.11 Å². The summed E-state index contributed by atoms with van der Waals surface area (Å²) in [6, 6.07) is 1.55. The first-order chi connectivity index (χ1) is 16.2. The summed E-state index contributed by atoms with van der Waals surface area (Å²) in [5.74, 6) is -1.28. The minimum Gasteiger partial charge on any atom is -0.504 e. The molecule has 6 heteroatoms. The van der Waals surface area contributed by atoms with E-state index in [0.29, 0.717) is 23.7 Å². The molecule has 1 aromatic rings. The van der Waals surface area contributed by atoms with Gasteiger partial charge in [0, 0.05) is 23.3 Å². The highest BCUT2D eigenvalue weighted by molar-refractivity contribution is 6.15. The van der Waals surface area contributed by atoms with Crippen LogP contribution in [0.2, 0.25) is 0 Å². The van der Waals surface area contributed by atoms with Crippen molar-refractivity contribution in [3.63, 3.8) is 0 Å². The number of aromatic hydroxyl groups is 1. The summed E-state index contributed by atoms with van der Waals surface area (Å²) in [4.78, 5) is 38.5. The molecule has 4 aliphatic rings. The first kappa shape index (κ1) is 24.1. The van der Waals surface area contributed by atoms with Crippen LogP contribution < -0.4 is 4.74 Å². The van der Waals surface area contributed by atoms with Crippen LogP contribution in [0.1, 0.15) is 99.4 Å². The van der Waals surface area contributed by atoms with Crippen LogP contribution in [0.4, 0.5) is 0 Å². The summed E-state index contributed by atoms with van der Waals surface area (Å²) in [6.07, 6.45) is 6.63. The van der Waals surface area contributed by atoms with E-state index in [-0.39, 0.29) is 50.6 Å². The monoisotopic (exact) mass is 480 g/mol. The third-order valence-corrected chi connectivity index (χ3v) is 10.9. The molecule has 0 unspecified atom stereocenters. The maximum Gasteiger partial charge on any atom is 0.340 e. The SMILES string of the molecule is COc1c(O)cc2c(c1C(=O)O)C(=O)C=C1[C@@]2(C)CC[C@@]2(C)[C@@H]3C[C@@H](C)C(=O)C[C@]3(C)CC[C@]12C. The molecule has 0 amide bonds. The van der Waals surface area contributed by atoms with E-state index in [1.54, 1.807) is 12.1 Å². The number of benzene rings is 1. The lowest BCUT2D eigenvalue weighted by atomic mass is 9.35. The maximum absolute atomic E-state index is 13.6. The van der Waals surface area contributed by atoms with Gasteiger partial charge in [-0.15, -0.1) is 0 Å². The Morgan fingerprint density at radius 3 is 2.40 bits per heavy atom. The molecule has 0 heterocycles. The zero-order valence-corrected chi connectivity index (χ0v) is 21.6. The minimum atomic E-state index is -1.29. The molecule has 0 aromatic heterocycles. The van der Waals surface area contributed by atoms with Gasteiger partial charge in [-0.05, 0) is 77.5 Å². The van der Waals surface area contributed by atoms with Gasteiger partial charge in [-0.2, -0.15) is 0 Å². The van der Waals surface area contributed by atoms with E-state index in [4.69, 9.17) is 4.74 Å². The average molecular weight is 481 g/mol. The van der Waals surface area contributed by atoms with Crippen LogP contribution in [0.15, 0.2) is 17.7 Å². The van der Waals surface area contributed by atoms with Gasteiger partial charge in [0.05, 0.1) is 7.11 Å². The fraction of sp³-hybridized carbons (Fsp3) is 0.621. The van der Waals surface area contributed by atoms with Crippen molar-refractivity contribution >= 4 is 17.5 Å². The standard InChI is InChI=1S/C29H36O6/c1-15-11-20-26(2,14-19(15)32)7-9-29(5)21-13-17(30)22-16(27(21,3)8-10-28(20,29)4)12-18(31)24(35-6)23(22)25(33)34/h12-13,15,20,31H,7-11,14H2,1-6H3,(H,33,34)/t15-,20-,26+,27+,28+,29-/m1/s1. The van der Waals surface area contributed by atoms with Crippen molar-refractivity contribution in [1.82, 2.24) is 0 Å². The lowest BCUT2D eigenvalue weighted by Crippen LogP contribution is -2.62. The van der Waals surface area contributed by atoms with E-state index < -0.39 is 11.4 Å². The van der Waals surface area contributed by atoms with Gasteiger partial charge >= 0.3 is 5.97 Å².